The van der Waals surface area contributed by atoms with Crippen LogP contribution in [0.25, 0.3) is 0 Å². The van der Waals surface area contributed by atoms with Crippen molar-refractivity contribution in [3.05, 3.63) is 0 Å². The van der Waals surface area contributed by atoms with Crippen molar-refractivity contribution in [2.45, 2.75) is 194 Å². The Morgan fingerprint density at radius 2 is 0.512 bits per heavy atom. The highest BCUT2D eigenvalue weighted by atomic mass is 16.7. The molecule has 2 atom stereocenters. The Balaban J connectivity index is -0.000000457. The molecule has 5 rings (SSSR count). The summed E-state index contributed by atoms with van der Waals surface area (Å²) in [5.74, 6) is 7.49. The Kier molecular flexibility index (Phi) is 30.9. The molecule has 0 aromatic carbocycles. The van der Waals surface area contributed by atoms with E-state index in [0.717, 1.165) is 61.2 Å². The van der Waals surface area contributed by atoms with Crippen molar-refractivity contribution in [3.8, 4) is 0 Å². The fourth-order valence-electron chi connectivity index (χ4n) is 5.99. The molecule has 0 bridgehead atoms. The predicted molar refractivity (Wildman–Crippen MR) is 195 cm³/mol. The maximum Gasteiger partial charge on any atom is 0.154 e. The summed E-state index contributed by atoms with van der Waals surface area (Å²) >= 11 is 0. The molecule has 2 aliphatic heterocycles. The highest BCUT2D eigenvalue weighted by Crippen LogP contribution is 2.28. The van der Waals surface area contributed by atoms with Gasteiger partial charge in [-0.1, -0.05) is 155 Å². The van der Waals surface area contributed by atoms with Gasteiger partial charge in [0, 0.05) is 12.5 Å². The van der Waals surface area contributed by atoms with Crippen molar-refractivity contribution in [1.29, 1.82) is 0 Å². The standard InChI is InChI=1S/3C8H16.C7H14O.C6H12O2.3CH4/c3*1-7-3-5-8(2)6-4-7;1-6-3-4-7(2)8-5-6;1-5-3-7-6(2)8-4-5;;;/h3*7-8H,3-6H2,1-2H3;6-7H,3-5H2,1-2H3;5-6H,3-4H2,1-2H3;3*1H4. The van der Waals surface area contributed by atoms with Crippen molar-refractivity contribution >= 4 is 0 Å². The topological polar surface area (TPSA) is 27.7 Å². The van der Waals surface area contributed by atoms with Gasteiger partial charge >= 0.3 is 0 Å². The summed E-state index contributed by atoms with van der Waals surface area (Å²) < 4.78 is 15.7. The largest absolute Gasteiger partial charge is 0.378 e. The third-order valence-electron chi connectivity index (χ3n) is 9.88. The van der Waals surface area contributed by atoms with Crippen molar-refractivity contribution < 1.29 is 14.2 Å². The van der Waals surface area contributed by atoms with Crippen LogP contribution >= 0.6 is 0 Å². The Hall–Kier alpha value is -0.120. The van der Waals surface area contributed by atoms with Crippen molar-refractivity contribution in [2.75, 3.05) is 19.8 Å². The molecule has 0 spiro atoms. The molecule has 5 fully saturated rings. The third kappa shape index (κ3) is 26.8. The van der Waals surface area contributed by atoms with E-state index >= 15 is 0 Å². The average molecular weight is 615 g/mol. The third-order valence-corrected chi connectivity index (χ3v) is 9.88. The molecule has 5 aliphatic rings. The molecule has 43 heavy (non-hydrogen) atoms. The van der Waals surface area contributed by atoms with E-state index in [2.05, 4.69) is 62.3 Å². The van der Waals surface area contributed by atoms with Crippen LogP contribution in [-0.4, -0.2) is 32.2 Å². The summed E-state index contributed by atoms with van der Waals surface area (Å²) in [4.78, 5) is 0. The quantitative estimate of drug-likeness (QED) is 0.272. The summed E-state index contributed by atoms with van der Waals surface area (Å²) in [6.07, 6.45) is 20.8. The minimum Gasteiger partial charge on any atom is -0.378 e. The molecule has 3 aliphatic carbocycles. The lowest BCUT2D eigenvalue weighted by molar-refractivity contribution is -0.187. The lowest BCUT2D eigenvalue weighted by atomic mass is 9.84. The minimum atomic E-state index is 0. The van der Waals surface area contributed by atoms with Crippen molar-refractivity contribution in [2.24, 2.45) is 47.3 Å². The van der Waals surface area contributed by atoms with E-state index in [1.807, 2.05) is 6.92 Å². The average Bonchev–Trinajstić information content (AvgIpc) is 2.94. The zero-order valence-corrected chi connectivity index (χ0v) is 29.0. The van der Waals surface area contributed by atoms with Gasteiger partial charge in [0.15, 0.2) is 6.29 Å². The summed E-state index contributed by atoms with van der Waals surface area (Å²) in [5, 5.41) is 0. The Bertz CT molecular complexity index is 374. The van der Waals surface area contributed by atoms with Gasteiger partial charge in [-0.25, -0.2) is 0 Å². The molecule has 3 nitrogen and oxygen atoms in total. The second kappa shape index (κ2) is 28.1. The van der Waals surface area contributed by atoms with Gasteiger partial charge in [0.25, 0.3) is 0 Å². The van der Waals surface area contributed by atoms with Crippen LogP contribution in [0.1, 0.15) is 181 Å². The molecule has 2 heterocycles. The van der Waals surface area contributed by atoms with Crippen LogP contribution in [0, 0.1) is 47.3 Å². The number of ether oxygens (including phenoxy) is 3. The Labute approximate surface area is 274 Å². The van der Waals surface area contributed by atoms with Crippen LogP contribution in [-0.2, 0) is 14.2 Å². The molecule has 3 saturated carbocycles. The van der Waals surface area contributed by atoms with Crippen LogP contribution in [0.3, 0.4) is 0 Å². The molecule has 0 N–H and O–H groups in total. The molecule has 264 valence electrons. The van der Waals surface area contributed by atoms with Crippen LogP contribution < -0.4 is 0 Å². The van der Waals surface area contributed by atoms with Crippen LogP contribution in [0.5, 0.6) is 0 Å². The van der Waals surface area contributed by atoms with E-state index in [4.69, 9.17) is 14.2 Å². The second-order valence-corrected chi connectivity index (χ2v) is 15.3. The lowest BCUT2D eigenvalue weighted by Gasteiger charge is -2.24. The van der Waals surface area contributed by atoms with E-state index in [9.17, 15) is 0 Å². The van der Waals surface area contributed by atoms with Gasteiger partial charge in [0.2, 0.25) is 0 Å². The van der Waals surface area contributed by atoms with Crippen LogP contribution in [0.15, 0.2) is 0 Å². The van der Waals surface area contributed by atoms with Crippen molar-refractivity contribution in [1.82, 2.24) is 0 Å². The fourth-order valence-corrected chi connectivity index (χ4v) is 5.99. The van der Waals surface area contributed by atoms with Gasteiger partial charge < -0.3 is 14.2 Å². The SMILES string of the molecule is C.C.C.CC1CCC(C)CC1.CC1CCC(C)CC1.CC1CCC(C)CC1.CC1CCC(C)OC1.CC1COC(C)OC1. The van der Waals surface area contributed by atoms with Gasteiger partial charge in [0.1, 0.15) is 0 Å². The maximum atomic E-state index is 5.39. The van der Waals surface area contributed by atoms with Gasteiger partial charge in [-0.3, -0.25) is 0 Å². The van der Waals surface area contributed by atoms with Crippen molar-refractivity contribution in [3.63, 3.8) is 0 Å². The van der Waals surface area contributed by atoms with E-state index in [1.54, 1.807) is 0 Å². The molecule has 0 aromatic heterocycles. The van der Waals surface area contributed by atoms with Gasteiger partial charge in [-0.05, 0) is 68.1 Å². The Morgan fingerprint density at radius 1 is 0.279 bits per heavy atom. The number of hydrogen-bond donors (Lipinski definition) is 0. The highest BCUT2D eigenvalue weighted by Gasteiger charge is 2.16. The van der Waals surface area contributed by atoms with E-state index in [1.165, 1.54) is 89.9 Å². The zero-order chi connectivity index (χ0) is 29.9. The van der Waals surface area contributed by atoms with E-state index < -0.39 is 0 Å². The first-order valence-corrected chi connectivity index (χ1v) is 17.8. The fraction of sp³-hybridized carbons (Fsp3) is 1.00. The molecular weight excluding hydrogens is 528 g/mol. The summed E-state index contributed by atoms with van der Waals surface area (Å²) in [7, 11) is 0. The number of hydrogen-bond acceptors (Lipinski definition) is 3. The van der Waals surface area contributed by atoms with Gasteiger partial charge in [-0.15, -0.1) is 0 Å². The van der Waals surface area contributed by atoms with Gasteiger partial charge in [0.05, 0.1) is 19.3 Å². The first kappa shape index (κ1) is 47.3. The predicted octanol–water partition coefficient (Wildman–Crippen LogP) is 13.2. The van der Waals surface area contributed by atoms with Crippen LogP contribution in [0.2, 0.25) is 0 Å². The maximum absolute atomic E-state index is 5.39. The minimum absolute atomic E-state index is 0. The summed E-state index contributed by atoms with van der Waals surface area (Å²) in [6, 6.07) is 0. The molecule has 3 heteroatoms. The molecule has 2 saturated heterocycles. The first-order chi connectivity index (χ1) is 18.9. The van der Waals surface area contributed by atoms with E-state index in [-0.39, 0.29) is 28.6 Å². The smallest absolute Gasteiger partial charge is 0.154 e. The normalized spacial score (nSPS) is 37.0. The Morgan fingerprint density at radius 3 is 0.698 bits per heavy atom. The molecule has 2 unspecified atom stereocenters. The molecule has 0 aromatic rings. The molecule has 0 amide bonds. The molecular formula is C40H86O3. The highest BCUT2D eigenvalue weighted by molar-refractivity contribution is 4.67. The lowest BCUT2D eigenvalue weighted by Crippen LogP contribution is -2.27. The van der Waals surface area contributed by atoms with Gasteiger partial charge in [-0.2, -0.15) is 0 Å². The van der Waals surface area contributed by atoms with Crippen LogP contribution in [0.4, 0.5) is 0 Å². The zero-order valence-electron chi connectivity index (χ0n) is 29.0. The summed E-state index contributed by atoms with van der Waals surface area (Å²) in [6.45, 7) is 25.3. The first-order valence-electron chi connectivity index (χ1n) is 17.8. The monoisotopic (exact) mass is 615 g/mol. The molecule has 0 radical (unpaired) electrons. The van der Waals surface area contributed by atoms with E-state index in [0.29, 0.717) is 12.0 Å². The number of rotatable bonds is 0. The summed E-state index contributed by atoms with van der Waals surface area (Å²) in [5.41, 5.74) is 0. The second-order valence-electron chi connectivity index (χ2n) is 15.3.